The summed E-state index contributed by atoms with van der Waals surface area (Å²) in [6.45, 7) is 0.630. The molecule has 1 atom stereocenters. The van der Waals surface area contributed by atoms with Crippen LogP contribution >= 0.6 is 0 Å². The lowest BCUT2D eigenvalue weighted by molar-refractivity contribution is 0.100. The Morgan fingerprint density at radius 3 is 2.38 bits per heavy atom. The van der Waals surface area contributed by atoms with Gasteiger partial charge in [0, 0.05) is 29.2 Å². The average molecular weight is 520 g/mol. The monoisotopic (exact) mass is 519 g/mol. The summed E-state index contributed by atoms with van der Waals surface area (Å²) < 4.78 is 2.37. The molecule has 2 N–H and O–H groups in total. The minimum absolute atomic E-state index is 0.196. The van der Waals surface area contributed by atoms with Crippen LogP contribution in [0.25, 0.3) is 33.8 Å². The number of amides is 1. The quantitative estimate of drug-likeness (QED) is 0.247. The maximum Gasteiger partial charge on any atom is 0.248 e. The number of nitrogens with zero attached hydrogens (tertiary/aromatic N) is 2. The van der Waals surface area contributed by atoms with Crippen LogP contribution in [0.3, 0.4) is 0 Å². The van der Waals surface area contributed by atoms with Gasteiger partial charge in [0.15, 0.2) is 0 Å². The van der Waals surface area contributed by atoms with Crippen LogP contribution in [0.2, 0.25) is 0 Å². The number of nitrogens with two attached hydrogens (primary N) is 1. The maximum atomic E-state index is 11.7. The van der Waals surface area contributed by atoms with Crippen molar-refractivity contribution < 1.29 is 4.79 Å². The van der Waals surface area contributed by atoms with Crippen LogP contribution in [-0.4, -0.2) is 15.5 Å². The van der Waals surface area contributed by atoms with Crippen molar-refractivity contribution in [1.29, 1.82) is 0 Å². The number of carbonyl (C=O) groups is 1. The predicted octanol–water partition coefficient (Wildman–Crippen LogP) is 7.54. The highest BCUT2D eigenvalue weighted by molar-refractivity contribution is 5.92. The van der Waals surface area contributed by atoms with Gasteiger partial charge in [-0.3, -0.25) is 4.79 Å². The molecule has 5 aromatic rings. The molecule has 4 heteroatoms. The SMILES string of the molecule is NC(=O)c1ccc(Cn2c(-c3ccc4c(c3)-c3ccccc3C4)nc(-c3ccccc3)c2C2C=CC=CC2)cc1. The van der Waals surface area contributed by atoms with E-state index in [1.807, 2.05) is 30.3 Å². The summed E-state index contributed by atoms with van der Waals surface area (Å²) in [4.78, 5) is 17.1. The van der Waals surface area contributed by atoms with Crippen molar-refractivity contribution in [1.82, 2.24) is 9.55 Å². The summed E-state index contributed by atoms with van der Waals surface area (Å²) in [5, 5.41) is 0. The topological polar surface area (TPSA) is 60.9 Å². The summed E-state index contributed by atoms with van der Waals surface area (Å²) in [5.41, 5.74) is 16.9. The average Bonchev–Trinajstić information content (AvgIpc) is 3.56. The molecular formula is C36H29N3O. The van der Waals surface area contributed by atoms with Gasteiger partial charge in [0.25, 0.3) is 0 Å². The lowest BCUT2D eigenvalue weighted by atomic mass is 9.93. The maximum absolute atomic E-state index is 11.7. The molecule has 0 fully saturated rings. The van der Waals surface area contributed by atoms with E-state index >= 15 is 0 Å². The van der Waals surface area contributed by atoms with Gasteiger partial charge < -0.3 is 10.3 Å². The van der Waals surface area contributed by atoms with Crippen LogP contribution in [0.5, 0.6) is 0 Å². The highest BCUT2D eigenvalue weighted by atomic mass is 16.1. The number of benzene rings is 4. The van der Waals surface area contributed by atoms with Crippen molar-refractivity contribution in [2.75, 3.05) is 0 Å². The second-order valence-electron chi connectivity index (χ2n) is 10.5. The number of aromatic nitrogens is 2. The summed E-state index contributed by atoms with van der Waals surface area (Å²) in [6.07, 6.45) is 10.6. The molecule has 4 aromatic carbocycles. The van der Waals surface area contributed by atoms with E-state index in [1.54, 1.807) is 0 Å². The molecule has 0 aliphatic heterocycles. The first-order valence-electron chi connectivity index (χ1n) is 13.8. The largest absolute Gasteiger partial charge is 0.366 e. The van der Waals surface area contributed by atoms with Gasteiger partial charge in [0.2, 0.25) is 5.91 Å². The van der Waals surface area contributed by atoms with E-state index in [0.29, 0.717) is 12.1 Å². The first-order chi connectivity index (χ1) is 19.7. The van der Waals surface area contributed by atoms with E-state index in [4.69, 9.17) is 10.7 Å². The normalized spacial score (nSPS) is 15.2. The molecule has 1 unspecified atom stereocenters. The van der Waals surface area contributed by atoms with E-state index < -0.39 is 5.91 Å². The molecule has 1 amide bonds. The van der Waals surface area contributed by atoms with Gasteiger partial charge in [-0.25, -0.2) is 4.98 Å². The van der Waals surface area contributed by atoms with Crippen LogP contribution in [0, 0.1) is 0 Å². The number of allylic oxidation sites excluding steroid dienone is 4. The van der Waals surface area contributed by atoms with Gasteiger partial charge >= 0.3 is 0 Å². The zero-order valence-electron chi connectivity index (χ0n) is 22.1. The number of fused-ring (bicyclic) bond motifs is 3. The zero-order valence-corrected chi connectivity index (χ0v) is 22.1. The van der Waals surface area contributed by atoms with Crippen molar-refractivity contribution in [2.45, 2.75) is 25.3 Å². The summed E-state index contributed by atoms with van der Waals surface area (Å²) >= 11 is 0. The molecular weight excluding hydrogens is 490 g/mol. The zero-order chi connectivity index (χ0) is 27.1. The number of primary amides is 1. The second-order valence-corrected chi connectivity index (χ2v) is 10.5. The highest BCUT2D eigenvalue weighted by Crippen LogP contribution is 2.41. The molecule has 7 rings (SSSR count). The lowest BCUT2D eigenvalue weighted by Crippen LogP contribution is -2.12. The van der Waals surface area contributed by atoms with Crippen LogP contribution in [0.15, 0.2) is 121 Å². The Balaban J connectivity index is 1.43. The van der Waals surface area contributed by atoms with Gasteiger partial charge in [0.05, 0.1) is 11.4 Å². The molecule has 1 heterocycles. The molecule has 0 saturated heterocycles. The fraction of sp³-hybridized carbons (Fsp3) is 0.111. The van der Waals surface area contributed by atoms with E-state index in [0.717, 1.165) is 41.1 Å². The second kappa shape index (κ2) is 9.97. The molecule has 0 spiro atoms. The van der Waals surface area contributed by atoms with Crippen molar-refractivity contribution in [3.05, 3.63) is 149 Å². The molecule has 2 aliphatic carbocycles. The fourth-order valence-electron chi connectivity index (χ4n) is 6.03. The third-order valence-corrected chi connectivity index (χ3v) is 8.02. The molecule has 0 radical (unpaired) electrons. The standard InChI is InChI=1S/C36H29N3O/c37-35(40)27-17-15-24(16-18-27)23-39-34(26-11-5-2-6-12-26)33(25-9-3-1-4-10-25)38-36(39)30-20-19-29-21-28-13-7-8-14-31(28)32(29)22-30/h1-11,13-20,22,26H,12,21,23H2,(H2,37,40). The molecule has 1 aromatic heterocycles. The Bertz CT molecular complexity index is 1790. The minimum Gasteiger partial charge on any atom is -0.366 e. The molecule has 194 valence electrons. The first-order valence-corrected chi connectivity index (χ1v) is 13.8. The van der Waals surface area contributed by atoms with Crippen LogP contribution in [0.1, 0.15) is 45.1 Å². The third kappa shape index (κ3) is 4.28. The third-order valence-electron chi connectivity index (χ3n) is 8.02. The molecule has 40 heavy (non-hydrogen) atoms. The number of rotatable bonds is 6. The highest BCUT2D eigenvalue weighted by Gasteiger charge is 2.26. The van der Waals surface area contributed by atoms with Crippen molar-refractivity contribution in [3.63, 3.8) is 0 Å². The first kappa shape index (κ1) is 24.1. The Morgan fingerprint density at radius 2 is 1.60 bits per heavy atom. The Kier molecular flexibility index (Phi) is 6.01. The Morgan fingerprint density at radius 1 is 0.825 bits per heavy atom. The van der Waals surface area contributed by atoms with Crippen molar-refractivity contribution in [2.24, 2.45) is 5.73 Å². The minimum atomic E-state index is -0.417. The van der Waals surface area contributed by atoms with Gasteiger partial charge in [-0.15, -0.1) is 0 Å². The summed E-state index contributed by atoms with van der Waals surface area (Å²) in [7, 11) is 0. The van der Waals surface area contributed by atoms with E-state index in [1.165, 1.54) is 27.9 Å². The fourth-order valence-corrected chi connectivity index (χ4v) is 6.03. The molecule has 2 aliphatic rings. The molecule has 0 bridgehead atoms. The van der Waals surface area contributed by atoms with Crippen LogP contribution in [-0.2, 0) is 13.0 Å². The number of carbonyl (C=O) groups excluding carboxylic acids is 1. The van der Waals surface area contributed by atoms with Gasteiger partial charge in [0.1, 0.15) is 5.82 Å². The van der Waals surface area contributed by atoms with Crippen molar-refractivity contribution >= 4 is 5.91 Å². The number of hydrogen-bond donors (Lipinski definition) is 1. The van der Waals surface area contributed by atoms with Crippen LogP contribution < -0.4 is 5.73 Å². The van der Waals surface area contributed by atoms with Gasteiger partial charge in [-0.05, 0) is 58.9 Å². The Labute approximate surface area is 234 Å². The number of imidazole rings is 1. The van der Waals surface area contributed by atoms with E-state index in [-0.39, 0.29) is 5.92 Å². The Hall–Kier alpha value is -4.96. The summed E-state index contributed by atoms with van der Waals surface area (Å²) in [5.74, 6) is 0.726. The molecule has 4 nitrogen and oxygen atoms in total. The predicted molar refractivity (Wildman–Crippen MR) is 161 cm³/mol. The van der Waals surface area contributed by atoms with E-state index in [2.05, 4.69) is 95.6 Å². The molecule has 0 saturated carbocycles. The van der Waals surface area contributed by atoms with Gasteiger partial charge in [-0.2, -0.15) is 0 Å². The number of hydrogen-bond acceptors (Lipinski definition) is 2. The smallest absolute Gasteiger partial charge is 0.248 e. The summed E-state index contributed by atoms with van der Waals surface area (Å²) in [6, 6.07) is 33.5. The van der Waals surface area contributed by atoms with Crippen LogP contribution in [0.4, 0.5) is 0 Å². The van der Waals surface area contributed by atoms with E-state index in [9.17, 15) is 4.79 Å². The van der Waals surface area contributed by atoms with Crippen molar-refractivity contribution in [3.8, 4) is 33.8 Å². The van der Waals surface area contributed by atoms with Gasteiger partial charge in [-0.1, -0.05) is 103 Å². The lowest BCUT2D eigenvalue weighted by Gasteiger charge is -2.20.